The monoisotopic (exact) mass is 421 g/mol. The maximum absolute atomic E-state index is 10.9. The number of fused-ring (bicyclic) bond motifs is 1. The van der Waals surface area contributed by atoms with Gasteiger partial charge in [0.25, 0.3) is 0 Å². The molecule has 0 amide bonds. The van der Waals surface area contributed by atoms with Gasteiger partial charge in [-0.25, -0.2) is 0 Å². The van der Waals surface area contributed by atoms with Gasteiger partial charge in [0.2, 0.25) is 0 Å². The summed E-state index contributed by atoms with van der Waals surface area (Å²) in [5.41, 5.74) is 5.78. The van der Waals surface area contributed by atoms with Gasteiger partial charge in [-0.05, 0) is 98.3 Å². The van der Waals surface area contributed by atoms with Crippen LogP contribution >= 0.6 is 0 Å². The summed E-state index contributed by atoms with van der Waals surface area (Å²) < 4.78 is 5.40. The maximum atomic E-state index is 10.9. The fourth-order valence-corrected chi connectivity index (χ4v) is 5.18. The average molecular weight is 422 g/mol. The van der Waals surface area contributed by atoms with Crippen LogP contribution < -0.4 is 4.74 Å². The largest absolute Gasteiger partial charge is 0.497 e. The van der Waals surface area contributed by atoms with Crippen molar-refractivity contribution in [3.05, 3.63) is 64.7 Å². The second-order valence-corrected chi connectivity index (χ2v) is 9.70. The van der Waals surface area contributed by atoms with Gasteiger partial charge >= 0.3 is 0 Å². The van der Waals surface area contributed by atoms with E-state index in [4.69, 9.17) is 4.74 Å². The molecule has 0 bridgehead atoms. The van der Waals surface area contributed by atoms with E-state index in [2.05, 4.69) is 69.1 Å². The Bertz CT molecular complexity index is 875. The van der Waals surface area contributed by atoms with Gasteiger partial charge in [-0.1, -0.05) is 44.2 Å². The van der Waals surface area contributed by atoms with E-state index in [9.17, 15) is 4.79 Å². The standard InChI is InChI=1S/C28H39NO2/c1-21(2)28(15-12-25-18-23(13-17-30)10-11-26(25)20-28)14-7-16-29(4)22(3)24-8-6-9-27(19-24)31-5/h6,8-11,17-19,21-22H,7,12-16,20H2,1-5H3. The first-order chi connectivity index (χ1) is 14.9. The molecule has 2 unspecified atom stereocenters. The molecule has 31 heavy (non-hydrogen) atoms. The number of methoxy groups -OCH3 is 1. The average Bonchev–Trinajstić information content (AvgIpc) is 2.78. The second-order valence-electron chi connectivity index (χ2n) is 9.70. The molecular formula is C28H39NO2. The highest BCUT2D eigenvalue weighted by Gasteiger charge is 2.36. The van der Waals surface area contributed by atoms with Crippen LogP contribution in [0.1, 0.15) is 68.3 Å². The van der Waals surface area contributed by atoms with Crippen LogP contribution in [0.25, 0.3) is 0 Å². The number of aldehydes is 1. The van der Waals surface area contributed by atoms with Gasteiger partial charge in [-0.2, -0.15) is 0 Å². The topological polar surface area (TPSA) is 29.5 Å². The Kier molecular flexibility index (Phi) is 7.94. The van der Waals surface area contributed by atoms with Crippen LogP contribution in [0.2, 0.25) is 0 Å². The zero-order chi connectivity index (χ0) is 22.4. The molecule has 0 N–H and O–H groups in total. The van der Waals surface area contributed by atoms with E-state index in [-0.39, 0.29) is 0 Å². The summed E-state index contributed by atoms with van der Waals surface area (Å²) in [7, 11) is 3.96. The number of ether oxygens (including phenoxy) is 1. The highest BCUT2D eigenvalue weighted by molar-refractivity contribution is 5.55. The molecule has 0 saturated carbocycles. The molecule has 168 valence electrons. The minimum atomic E-state index is 0.369. The highest BCUT2D eigenvalue weighted by atomic mass is 16.5. The quantitative estimate of drug-likeness (QED) is 0.438. The van der Waals surface area contributed by atoms with Gasteiger partial charge in [0.1, 0.15) is 12.0 Å². The lowest BCUT2D eigenvalue weighted by molar-refractivity contribution is -0.107. The van der Waals surface area contributed by atoms with Crippen LogP contribution in [0, 0.1) is 11.3 Å². The Morgan fingerprint density at radius 3 is 2.65 bits per heavy atom. The smallest absolute Gasteiger partial charge is 0.124 e. The lowest BCUT2D eigenvalue weighted by atomic mass is 9.63. The molecule has 0 spiro atoms. The van der Waals surface area contributed by atoms with Crippen molar-refractivity contribution in [1.82, 2.24) is 4.90 Å². The summed E-state index contributed by atoms with van der Waals surface area (Å²) in [6, 6.07) is 15.5. The molecule has 1 aliphatic carbocycles. The third-order valence-electron chi connectivity index (χ3n) is 7.67. The molecule has 0 fully saturated rings. The number of carbonyl (C=O) groups is 1. The van der Waals surface area contributed by atoms with E-state index in [1.807, 2.05) is 6.07 Å². The van der Waals surface area contributed by atoms with Crippen LogP contribution in [0.4, 0.5) is 0 Å². The van der Waals surface area contributed by atoms with Crippen LogP contribution in [0.3, 0.4) is 0 Å². The van der Waals surface area contributed by atoms with E-state index in [1.54, 1.807) is 7.11 Å². The Morgan fingerprint density at radius 1 is 1.13 bits per heavy atom. The molecule has 2 aromatic rings. The third-order valence-corrected chi connectivity index (χ3v) is 7.67. The molecule has 3 heteroatoms. The number of nitrogens with zero attached hydrogens (tertiary/aromatic N) is 1. The number of hydrogen-bond donors (Lipinski definition) is 0. The predicted octanol–water partition coefficient (Wildman–Crippen LogP) is 6.04. The normalized spacial score (nSPS) is 19.3. The van der Waals surface area contributed by atoms with Crippen molar-refractivity contribution in [1.29, 1.82) is 0 Å². The Balaban J connectivity index is 1.62. The van der Waals surface area contributed by atoms with Gasteiger partial charge in [-0.3, -0.25) is 4.90 Å². The fourth-order valence-electron chi connectivity index (χ4n) is 5.18. The Hall–Kier alpha value is -2.13. The molecule has 3 rings (SSSR count). The summed E-state index contributed by atoms with van der Waals surface area (Å²) >= 11 is 0. The van der Waals surface area contributed by atoms with Crippen LogP contribution in [0.15, 0.2) is 42.5 Å². The van der Waals surface area contributed by atoms with E-state index in [1.165, 1.54) is 36.0 Å². The van der Waals surface area contributed by atoms with Crippen molar-refractivity contribution < 1.29 is 9.53 Å². The van der Waals surface area contributed by atoms with Gasteiger partial charge < -0.3 is 9.53 Å². The first-order valence-corrected chi connectivity index (χ1v) is 11.8. The lowest BCUT2D eigenvalue weighted by Crippen LogP contribution is -2.35. The van der Waals surface area contributed by atoms with Crippen molar-refractivity contribution in [3.63, 3.8) is 0 Å². The minimum absolute atomic E-state index is 0.369. The van der Waals surface area contributed by atoms with E-state index in [0.29, 0.717) is 23.8 Å². The first kappa shape index (κ1) is 23.5. The van der Waals surface area contributed by atoms with Gasteiger partial charge in [0.15, 0.2) is 0 Å². The van der Waals surface area contributed by atoms with Crippen molar-refractivity contribution in [2.75, 3.05) is 20.7 Å². The molecule has 2 aromatic carbocycles. The maximum Gasteiger partial charge on any atom is 0.124 e. The molecule has 3 nitrogen and oxygen atoms in total. The first-order valence-electron chi connectivity index (χ1n) is 11.8. The fraction of sp³-hybridized carbons (Fsp3) is 0.536. The zero-order valence-electron chi connectivity index (χ0n) is 20.0. The molecule has 1 aliphatic rings. The van der Waals surface area contributed by atoms with Gasteiger partial charge in [0.05, 0.1) is 7.11 Å². The van der Waals surface area contributed by atoms with E-state index < -0.39 is 0 Å². The Labute approximate surface area is 188 Å². The highest BCUT2D eigenvalue weighted by Crippen LogP contribution is 2.45. The number of rotatable bonds is 10. The van der Waals surface area contributed by atoms with Gasteiger partial charge in [-0.15, -0.1) is 0 Å². The molecule has 2 atom stereocenters. The molecule has 0 heterocycles. The molecule has 0 aromatic heterocycles. The Morgan fingerprint density at radius 2 is 1.94 bits per heavy atom. The van der Waals surface area contributed by atoms with Crippen LogP contribution in [0.5, 0.6) is 5.75 Å². The van der Waals surface area contributed by atoms with E-state index in [0.717, 1.165) is 37.0 Å². The lowest BCUT2D eigenvalue weighted by Gasteiger charge is -2.42. The second kappa shape index (κ2) is 10.5. The van der Waals surface area contributed by atoms with Crippen molar-refractivity contribution in [2.45, 2.75) is 65.3 Å². The number of benzene rings is 2. The molecule has 0 aliphatic heterocycles. The number of hydrogen-bond acceptors (Lipinski definition) is 3. The van der Waals surface area contributed by atoms with Crippen molar-refractivity contribution >= 4 is 6.29 Å². The van der Waals surface area contributed by atoms with Crippen molar-refractivity contribution in [2.24, 2.45) is 11.3 Å². The molecule has 0 radical (unpaired) electrons. The zero-order valence-corrected chi connectivity index (χ0v) is 20.0. The summed E-state index contributed by atoms with van der Waals surface area (Å²) in [6.45, 7) is 8.17. The summed E-state index contributed by atoms with van der Waals surface area (Å²) in [6.07, 6.45) is 7.55. The van der Waals surface area contributed by atoms with Crippen molar-refractivity contribution in [3.8, 4) is 5.75 Å². The summed E-state index contributed by atoms with van der Waals surface area (Å²) in [5.74, 6) is 1.59. The SMILES string of the molecule is COc1cccc(C(C)N(C)CCCC2(C(C)C)CCc3cc(CC=O)ccc3C2)c1. The summed E-state index contributed by atoms with van der Waals surface area (Å²) in [5, 5.41) is 0. The number of aryl methyl sites for hydroxylation is 1. The molecule has 0 saturated heterocycles. The number of carbonyl (C=O) groups excluding carboxylic acids is 1. The van der Waals surface area contributed by atoms with E-state index >= 15 is 0 Å². The minimum Gasteiger partial charge on any atom is -0.497 e. The predicted molar refractivity (Wildman–Crippen MR) is 129 cm³/mol. The van der Waals surface area contributed by atoms with Crippen LogP contribution in [-0.2, 0) is 24.1 Å². The molecular weight excluding hydrogens is 382 g/mol. The van der Waals surface area contributed by atoms with Gasteiger partial charge in [0, 0.05) is 12.5 Å². The third kappa shape index (κ3) is 5.57. The van der Waals surface area contributed by atoms with Crippen LogP contribution in [-0.4, -0.2) is 31.9 Å². The summed E-state index contributed by atoms with van der Waals surface area (Å²) in [4.78, 5) is 13.3.